The molecule has 0 fully saturated rings. The number of aryl methyl sites for hydroxylation is 1. The van der Waals surface area contributed by atoms with Crippen LogP contribution in [0.4, 0.5) is 0 Å². The van der Waals surface area contributed by atoms with Gasteiger partial charge in [-0.25, -0.2) is 4.98 Å². The summed E-state index contributed by atoms with van der Waals surface area (Å²) in [7, 11) is 0. The number of carbonyl (C=O) groups is 1. The minimum atomic E-state index is -0.0699. The molecule has 34 heavy (non-hydrogen) atoms. The molecule has 5 nitrogen and oxygen atoms in total. The van der Waals surface area contributed by atoms with Crippen molar-refractivity contribution < 1.29 is 4.79 Å². The van der Waals surface area contributed by atoms with Crippen molar-refractivity contribution in [3.63, 3.8) is 0 Å². The fourth-order valence-electron chi connectivity index (χ4n) is 3.82. The molecule has 0 unspecified atom stereocenters. The monoisotopic (exact) mass is 491 g/mol. The van der Waals surface area contributed by atoms with Crippen LogP contribution in [0, 0.1) is 6.92 Å². The van der Waals surface area contributed by atoms with Gasteiger partial charge in [0.05, 0.1) is 17.8 Å². The second kappa shape index (κ2) is 11.0. The van der Waals surface area contributed by atoms with Crippen molar-refractivity contribution in [3.8, 4) is 10.4 Å². The van der Waals surface area contributed by atoms with E-state index in [0.29, 0.717) is 21.9 Å². The van der Waals surface area contributed by atoms with Crippen LogP contribution in [0.5, 0.6) is 0 Å². The average Bonchev–Trinajstić information content (AvgIpc) is 3.25. The summed E-state index contributed by atoms with van der Waals surface area (Å²) in [4.78, 5) is 31.9. The number of benzene rings is 2. The average molecular weight is 492 g/mol. The first kappa shape index (κ1) is 24.2. The second-order valence-electron chi connectivity index (χ2n) is 8.51. The lowest BCUT2D eigenvalue weighted by molar-refractivity contribution is -0.119. The molecule has 0 aliphatic rings. The minimum Gasteiger partial charge on any atom is -0.353 e. The predicted octanol–water partition coefficient (Wildman–Crippen LogP) is 5.88. The lowest BCUT2D eigenvalue weighted by Crippen LogP contribution is -2.34. The number of hydrogen-bond acceptors (Lipinski definition) is 5. The number of aromatic nitrogens is 2. The molecule has 0 saturated heterocycles. The Kier molecular flexibility index (Phi) is 7.85. The van der Waals surface area contributed by atoms with Gasteiger partial charge in [-0.05, 0) is 37.5 Å². The van der Waals surface area contributed by atoms with E-state index in [1.807, 2.05) is 43.3 Å². The van der Waals surface area contributed by atoms with Gasteiger partial charge < -0.3 is 5.32 Å². The Bertz CT molecular complexity index is 1330. The first-order valence-corrected chi connectivity index (χ1v) is 13.3. The molecular weight excluding hydrogens is 462 g/mol. The van der Waals surface area contributed by atoms with E-state index in [-0.39, 0.29) is 23.3 Å². The van der Waals surface area contributed by atoms with Crippen molar-refractivity contribution in [2.24, 2.45) is 0 Å². The number of amides is 1. The van der Waals surface area contributed by atoms with Gasteiger partial charge in [0.15, 0.2) is 5.16 Å². The molecule has 7 heteroatoms. The van der Waals surface area contributed by atoms with E-state index in [0.717, 1.165) is 28.8 Å². The number of hydrogen-bond donors (Lipinski definition) is 1. The quantitative estimate of drug-likeness (QED) is 0.235. The van der Waals surface area contributed by atoms with Crippen molar-refractivity contribution in [2.45, 2.75) is 51.4 Å². The number of carbonyl (C=O) groups excluding carboxylic acids is 1. The van der Waals surface area contributed by atoms with Crippen molar-refractivity contribution >= 4 is 39.2 Å². The van der Waals surface area contributed by atoms with Crippen molar-refractivity contribution in [2.75, 3.05) is 5.75 Å². The van der Waals surface area contributed by atoms with E-state index in [1.165, 1.54) is 28.7 Å². The summed E-state index contributed by atoms with van der Waals surface area (Å²) in [5.41, 5.74) is 3.89. The van der Waals surface area contributed by atoms with Gasteiger partial charge in [-0.1, -0.05) is 85.3 Å². The van der Waals surface area contributed by atoms with E-state index in [2.05, 4.69) is 43.4 Å². The van der Waals surface area contributed by atoms with Gasteiger partial charge in [-0.2, -0.15) is 0 Å². The van der Waals surface area contributed by atoms with Crippen LogP contribution in [0.25, 0.3) is 20.7 Å². The third-order valence-corrected chi connectivity index (χ3v) is 7.72. The molecule has 0 aliphatic heterocycles. The van der Waals surface area contributed by atoms with Crippen molar-refractivity contribution in [1.82, 2.24) is 14.9 Å². The van der Waals surface area contributed by atoms with Crippen LogP contribution in [-0.4, -0.2) is 27.3 Å². The SMILES string of the molecule is CCC[C@@H](C)NC(=O)CSc1nc2cc(-c3ccc(C)cc3)sc2c(=O)n1Cc1ccccc1. The Labute approximate surface area is 208 Å². The molecule has 0 bridgehead atoms. The zero-order valence-electron chi connectivity index (χ0n) is 19.7. The maximum Gasteiger partial charge on any atom is 0.272 e. The third-order valence-electron chi connectivity index (χ3n) is 5.58. The Morgan fingerprint density at radius 3 is 2.59 bits per heavy atom. The third kappa shape index (κ3) is 5.77. The Hall–Kier alpha value is -2.90. The Morgan fingerprint density at radius 2 is 1.88 bits per heavy atom. The molecule has 2 heterocycles. The van der Waals surface area contributed by atoms with Gasteiger partial charge in [0.25, 0.3) is 5.56 Å². The normalized spacial score (nSPS) is 12.1. The molecule has 2 aromatic carbocycles. The van der Waals surface area contributed by atoms with Crippen LogP contribution >= 0.6 is 23.1 Å². The standard InChI is InChI=1S/C27H29N3O2S2/c1-4-8-19(3)28-24(31)17-33-27-29-22-15-23(21-13-11-18(2)12-14-21)34-25(22)26(32)30(27)16-20-9-6-5-7-10-20/h5-7,9-15,19H,4,8,16-17H2,1-3H3,(H,28,31)/t19-/m1/s1. The molecule has 4 rings (SSSR count). The number of thioether (sulfide) groups is 1. The fourth-order valence-corrected chi connectivity index (χ4v) is 5.68. The summed E-state index contributed by atoms with van der Waals surface area (Å²) >= 11 is 2.79. The lowest BCUT2D eigenvalue weighted by Gasteiger charge is -2.14. The first-order chi connectivity index (χ1) is 16.4. The van der Waals surface area contributed by atoms with Gasteiger partial charge in [0.1, 0.15) is 4.70 Å². The zero-order valence-corrected chi connectivity index (χ0v) is 21.3. The summed E-state index contributed by atoms with van der Waals surface area (Å²) in [5, 5.41) is 3.59. The maximum atomic E-state index is 13.6. The van der Waals surface area contributed by atoms with Gasteiger partial charge >= 0.3 is 0 Å². The molecule has 1 amide bonds. The summed E-state index contributed by atoms with van der Waals surface area (Å²) in [6.07, 6.45) is 1.96. The number of fused-ring (bicyclic) bond motifs is 1. The summed E-state index contributed by atoms with van der Waals surface area (Å²) in [6.45, 7) is 6.59. The van der Waals surface area contributed by atoms with E-state index in [9.17, 15) is 9.59 Å². The van der Waals surface area contributed by atoms with E-state index < -0.39 is 0 Å². The van der Waals surface area contributed by atoms with Gasteiger partial charge in [-0.3, -0.25) is 14.2 Å². The number of nitrogens with one attached hydrogen (secondary N) is 1. The predicted molar refractivity (Wildman–Crippen MR) is 143 cm³/mol. The fraction of sp³-hybridized carbons (Fsp3) is 0.296. The summed E-state index contributed by atoms with van der Waals surface area (Å²) in [6, 6.07) is 20.3. The van der Waals surface area contributed by atoms with Crippen molar-refractivity contribution in [1.29, 1.82) is 0 Å². The van der Waals surface area contributed by atoms with E-state index in [4.69, 9.17) is 4.98 Å². The molecular formula is C27H29N3O2S2. The largest absolute Gasteiger partial charge is 0.353 e. The molecule has 4 aromatic rings. The molecule has 1 N–H and O–H groups in total. The molecule has 0 radical (unpaired) electrons. The van der Waals surface area contributed by atoms with Crippen molar-refractivity contribution in [3.05, 3.63) is 82.1 Å². The summed E-state index contributed by atoms with van der Waals surface area (Å²) in [5.74, 6) is 0.174. The van der Waals surface area contributed by atoms with Crippen LogP contribution < -0.4 is 10.9 Å². The molecule has 0 spiro atoms. The topological polar surface area (TPSA) is 64.0 Å². The highest BCUT2D eigenvalue weighted by molar-refractivity contribution is 7.99. The molecule has 0 aliphatic carbocycles. The maximum absolute atomic E-state index is 13.6. The zero-order chi connectivity index (χ0) is 24.1. The van der Waals surface area contributed by atoms with Crippen LogP contribution in [-0.2, 0) is 11.3 Å². The highest BCUT2D eigenvalue weighted by atomic mass is 32.2. The number of rotatable bonds is 9. The smallest absolute Gasteiger partial charge is 0.272 e. The second-order valence-corrected chi connectivity index (χ2v) is 10.5. The van der Waals surface area contributed by atoms with Crippen LogP contribution in [0.3, 0.4) is 0 Å². The number of thiophene rings is 1. The molecule has 1 atom stereocenters. The van der Waals surface area contributed by atoms with Crippen LogP contribution in [0.2, 0.25) is 0 Å². The Morgan fingerprint density at radius 1 is 1.15 bits per heavy atom. The first-order valence-electron chi connectivity index (χ1n) is 11.5. The molecule has 0 saturated carbocycles. The van der Waals surface area contributed by atoms with Crippen LogP contribution in [0.1, 0.15) is 37.8 Å². The summed E-state index contributed by atoms with van der Waals surface area (Å²) < 4.78 is 2.33. The number of nitrogens with zero attached hydrogens (tertiary/aromatic N) is 2. The minimum absolute atomic E-state index is 0.0442. The van der Waals surface area contributed by atoms with Gasteiger partial charge in [0.2, 0.25) is 5.91 Å². The van der Waals surface area contributed by atoms with E-state index >= 15 is 0 Å². The van der Waals surface area contributed by atoms with E-state index in [1.54, 1.807) is 4.57 Å². The Balaban J connectivity index is 1.69. The van der Waals surface area contributed by atoms with Crippen LogP contribution in [0.15, 0.2) is 70.6 Å². The lowest BCUT2D eigenvalue weighted by atomic mass is 10.1. The highest BCUT2D eigenvalue weighted by Gasteiger charge is 2.17. The highest BCUT2D eigenvalue weighted by Crippen LogP contribution is 2.32. The molecule has 2 aromatic heterocycles. The van der Waals surface area contributed by atoms with Gasteiger partial charge in [0, 0.05) is 10.9 Å². The molecule has 176 valence electrons. The van der Waals surface area contributed by atoms with Gasteiger partial charge in [-0.15, -0.1) is 11.3 Å².